The molecule has 4 nitrogen and oxygen atoms in total. The molecular formula is C15H13BrN2O2S2. The number of benzene rings is 1. The lowest BCUT2D eigenvalue weighted by Crippen LogP contribution is -2.19. The van der Waals surface area contributed by atoms with E-state index in [2.05, 4.69) is 20.9 Å². The maximum absolute atomic E-state index is 12.2. The molecule has 0 radical (unpaired) electrons. The average Bonchev–Trinajstić information content (AvgIpc) is 2.97. The quantitative estimate of drug-likeness (QED) is 0.372. The lowest BCUT2D eigenvalue weighted by Gasteiger charge is -2.08. The molecule has 22 heavy (non-hydrogen) atoms. The topological polar surface area (TPSA) is 44.1 Å². The van der Waals surface area contributed by atoms with Crippen LogP contribution in [0.3, 0.4) is 0 Å². The molecule has 1 aromatic carbocycles. The van der Waals surface area contributed by atoms with Crippen LogP contribution < -0.4 is 10.3 Å². The zero-order valence-corrected chi connectivity index (χ0v) is 15.0. The number of hydrogen-bond acceptors (Lipinski definition) is 5. The fourth-order valence-corrected chi connectivity index (χ4v) is 3.92. The van der Waals surface area contributed by atoms with Gasteiger partial charge in [-0.1, -0.05) is 33.8 Å². The number of thioether (sulfide) groups is 1. The Morgan fingerprint density at radius 1 is 1.41 bits per heavy atom. The molecule has 0 fully saturated rings. The first-order valence-electron chi connectivity index (χ1n) is 6.60. The van der Waals surface area contributed by atoms with E-state index in [1.165, 1.54) is 23.1 Å². The van der Waals surface area contributed by atoms with Crippen LogP contribution in [0, 0.1) is 0 Å². The van der Waals surface area contributed by atoms with Crippen molar-refractivity contribution in [3.63, 3.8) is 0 Å². The van der Waals surface area contributed by atoms with Crippen molar-refractivity contribution < 1.29 is 4.74 Å². The summed E-state index contributed by atoms with van der Waals surface area (Å²) in [6.45, 7) is 0.554. The highest BCUT2D eigenvalue weighted by Crippen LogP contribution is 2.21. The van der Waals surface area contributed by atoms with Gasteiger partial charge >= 0.3 is 0 Å². The first-order valence-corrected chi connectivity index (χ1v) is 9.26. The Bertz CT molecular complexity index is 860. The number of nitrogens with zero attached hydrogens (tertiary/aromatic N) is 2. The first-order chi connectivity index (χ1) is 10.6. The number of halogens is 1. The number of fused-ring (bicyclic) bond motifs is 1. The van der Waals surface area contributed by atoms with Gasteiger partial charge in [0.15, 0.2) is 5.16 Å². The van der Waals surface area contributed by atoms with Crippen LogP contribution in [-0.2, 0) is 7.05 Å². The summed E-state index contributed by atoms with van der Waals surface area (Å²) < 4.78 is 8.98. The molecule has 2 aromatic heterocycles. The van der Waals surface area contributed by atoms with Crippen molar-refractivity contribution in [2.45, 2.75) is 5.16 Å². The number of aromatic nitrogens is 2. The van der Waals surface area contributed by atoms with Crippen LogP contribution in [0.25, 0.3) is 10.2 Å². The minimum Gasteiger partial charge on any atom is -0.493 e. The third-order valence-corrected chi connectivity index (χ3v) is 5.40. The minimum atomic E-state index is 0.00964. The lowest BCUT2D eigenvalue weighted by molar-refractivity contribution is 0.343. The van der Waals surface area contributed by atoms with E-state index in [0.29, 0.717) is 16.5 Å². The van der Waals surface area contributed by atoms with Gasteiger partial charge in [-0.05, 0) is 29.6 Å². The van der Waals surface area contributed by atoms with Gasteiger partial charge in [0.25, 0.3) is 5.56 Å². The molecule has 3 rings (SSSR count). The molecule has 0 aliphatic carbocycles. The van der Waals surface area contributed by atoms with E-state index in [1.807, 2.05) is 35.7 Å². The van der Waals surface area contributed by atoms with E-state index in [9.17, 15) is 4.79 Å². The molecule has 0 bridgehead atoms. The van der Waals surface area contributed by atoms with Crippen LogP contribution in [0.15, 0.2) is 50.1 Å². The van der Waals surface area contributed by atoms with Gasteiger partial charge in [0.1, 0.15) is 10.4 Å². The molecule has 0 saturated heterocycles. The SMILES string of the molecule is Cn1c(SCCOc2cccc(Br)c2)nc2ccsc2c1=O. The van der Waals surface area contributed by atoms with E-state index >= 15 is 0 Å². The Morgan fingerprint density at radius 2 is 2.27 bits per heavy atom. The molecule has 0 saturated carbocycles. The highest BCUT2D eigenvalue weighted by molar-refractivity contribution is 9.10. The molecule has 7 heteroatoms. The van der Waals surface area contributed by atoms with Crippen LogP contribution in [-0.4, -0.2) is 21.9 Å². The zero-order chi connectivity index (χ0) is 15.5. The molecule has 0 aliphatic rings. The van der Waals surface area contributed by atoms with Gasteiger partial charge in [-0.2, -0.15) is 0 Å². The van der Waals surface area contributed by atoms with Crippen LogP contribution in [0.4, 0.5) is 0 Å². The molecule has 0 atom stereocenters. The summed E-state index contributed by atoms with van der Waals surface area (Å²) >= 11 is 6.36. The number of hydrogen-bond donors (Lipinski definition) is 0. The van der Waals surface area contributed by atoms with E-state index in [4.69, 9.17) is 4.74 Å². The van der Waals surface area contributed by atoms with Crippen molar-refractivity contribution in [3.8, 4) is 5.75 Å². The zero-order valence-electron chi connectivity index (χ0n) is 11.8. The van der Waals surface area contributed by atoms with Crippen molar-refractivity contribution in [1.82, 2.24) is 9.55 Å². The highest BCUT2D eigenvalue weighted by atomic mass is 79.9. The Morgan fingerprint density at radius 3 is 3.09 bits per heavy atom. The van der Waals surface area contributed by atoms with Crippen molar-refractivity contribution in [2.24, 2.45) is 7.05 Å². The fraction of sp³-hybridized carbons (Fsp3) is 0.200. The van der Waals surface area contributed by atoms with Crippen LogP contribution >= 0.6 is 39.0 Å². The fourth-order valence-electron chi connectivity index (χ4n) is 1.95. The smallest absolute Gasteiger partial charge is 0.271 e. The lowest BCUT2D eigenvalue weighted by atomic mass is 10.3. The Hall–Kier alpha value is -1.31. The van der Waals surface area contributed by atoms with E-state index in [-0.39, 0.29) is 5.56 Å². The molecule has 0 N–H and O–H groups in total. The van der Waals surface area contributed by atoms with Gasteiger partial charge in [0.2, 0.25) is 0 Å². The summed E-state index contributed by atoms with van der Waals surface area (Å²) in [6.07, 6.45) is 0. The molecule has 0 aliphatic heterocycles. The maximum atomic E-state index is 12.2. The third-order valence-electron chi connectivity index (χ3n) is 3.03. The monoisotopic (exact) mass is 396 g/mol. The van der Waals surface area contributed by atoms with E-state index in [1.54, 1.807) is 11.6 Å². The van der Waals surface area contributed by atoms with Gasteiger partial charge in [-0.3, -0.25) is 9.36 Å². The van der Waals surface area contributed by atoms with E-state index in [0.717, 1.165) is 21.5 Å². The largest absolute Gasteiger partial charge is 0.493 e. The molecular weight excluding hydrogens is 384 g/mol. The van der Waals surface area contributed by atoms with Gasteiger partial charge < -0.3 is 4.74 Å². The predicted molar refractivity (Wildman–Crippen MR) is 95.2 cm³/mol. The summed E-state index contributed by atoms with van der Waals surface area (Å²) in [6, 6.07) is 9.61. The molecule has 114 valence electrons. The Kier molecular flexibility index (Phi) is 4.85. The Balaban J connectivity index is 1.64. The molecule has 0 spiro atoms. The second kappa shape index (κ2) is 6.85. The van der Waals surface area contributed by atoms with Crippen LogP contribution in [0.5, 0.6) is 5.75 Å². The summed E-state index contributed by atoms with van der Waals surface area (Å²) in [5.41, 5.74) is 0.777. The third kappa shape index (κ3) is 3.37. The van der Waals surface area contributed by atoms with Gasteiger partial charge in [-0.15, -0.1) is 11.3 Å². The summed E-state index contributed by atoms with van der Waals surface area (Å²) in [5.74, 6) is 1.55. The van der Waals surface area contributed by atoms with Gasteiger partial charge in [-0.25, -0.2) is 4.98 Å². The number of rotatable bonds is 5. The second-order valence-corrected chi connectivity index (χ2v) is 7.44. The average molecular weight is 397 g/mol. The summed E-state index contributed by atoms with van der Waals surface area (Å²) in [7, 11) is 1.76. The molecule has 2 heterocycles. The van der Waals surface area contributed by atoms with Gasteiger partial charge in [0.05, 0.1) is 12.1 Å². The van der Waals surface area contributed by atoms with E-state index < -0.39 is 0 Å². The molecule has 0 unspecified atom stereocenters. The first kappa shape index (κ1) is 15.6. The van der Waals surface area contributed by atoms with Crippen molar-refractivity contribution >= 4 is 49.2 Å². The van der Waals surface area contributed by atoms with Crippen molar-refractivity contribution in [1.29, 1.82) is 0 Å². The van der Waals surface area contributed by atoms with Crippen molar-refractivity contribution in [2.75, 3.05) is 12.4 Å². The Labute approximate surface area is 144 Å². The molecule has 0 amide bonds. The number of thiophene rings is 1. The normalized spacial score (nSPS) is 11.0. The van der Waals surface area contributed by atoms with Crippen LogP contribution in [0.2, 0.25) is 0 Å². The van der Waals surface area contributed by atoms with Crippen LogP contribution in [0.1, 0.15) is 0 Å². The van der Waals surface area contributed by atoms with Gasteiger partial charge in [0, 0.05) is 17.3 Å². The maximum Gasteiger partial charge on any atom is 0.271 e. The summed E-state index contributed by atoms with van der Waals surface area (Å²) in [5, 5.41) is 2.61. The predicted octanol–water partition coefficient (Wildman–Crippen LogP) is 3.93. The molecule has 3 aromatic rings. The minimum absolute atomic E-state index is 0.00964. The summed E-state index contributed by atoms with van der Waals surface area (Å²) in [4.78, 5) is 16.7. The number of ether oxygens (including phenoxy) is 1. The standard InChI is InChI=1S/C15H13BrN2O2S2/c1-18-14(19)13-12(5-7-21-13)17-15(18)22-8-6-20-11-4-2-3-10(16)9-11/h2-5,7,9H,6,8H2,1H3. The second-order valence-electron chi connectivity index (χ2n) is 4.55. The van der Waals surface area contributed by atoms with Crippen molar-refractivity contribution in [3.05, 3.63) is 50.5 Å². The highest BCUT2D eigenvalue weighted by Gasteiger charge is 2.09.